The Morgan fingerprint density at radius 2 is 2.38 bits per heavy atom. The van der Waals surface area contributed by atoms with Gasteiger partial charge in [0.2, 0.25) is 0 Å². The maximum Gasteiger partial charge on any atom is 0.109 e. The fraction of sp³-hybridized carbons (Fsp3) is 1.00. The number of hydroxylamine groups is 1. The molecule has 0 saturated carbocycles. The number of rotatable bonds is 0. The van der Waals surface area contributed by atoms with Crippen LogP contribution in [0.5, 0.6) is 0 Å². The smallest absolute Gasteiger partial charge is 0.109 e. The highest BCUT2D eigenvalue weighted by Crippen LogP contribution is 2.23. The highest BCUT2D eigenvalue weighted by molar-refractivity contribution is 6.20. The molecule has 1 saturated heterocycles. The maximum absolute atomic E-state index is 5.66. The van der Waals surface area contributed by atoms with Gasteiger partial charge in [-0.05, 0) is 13.8 Å². The minimum Gasteiger partial charge on any atom is -0.294 e. The van der Waals surface area contributed by atoms with Crippen molar-refractivity contribution >= 4 is 11.6 Å². The predicted octanol–water partition coefficient (Wildman–Crippen LogP) is 1.25. The summed E-state index contributed by atoms with van der Waals surface area (Å²) < 4.78 is 0. The van der Waals surface area contributed by atoms with Crippen molar-refractivity contribution in [3.8, 4) is 0 Å². The largest absolute Gasteiger partial charge is 0.294 e. The second-order valence-electron chi connectivity index (χ2n) is 2.65. The van der Waals surface area contributed by atoms with Crippen LogP contribution in [-0.4, -0.2) is 11.1 Å². The normalized spacial score (nSPS) is 35.6. The topological polar surface area (TPSA) is 21.3 Å². The lowest BCUT2D eigenvalue weighted by molar-refractivity contribution is -0.0281. The fourth-order valence-corrected chi connectivity index (χ4v) is 1.15. The van der Waals surface area contributed by atoms with Gasteiger partial charge < -0.3 is 0 Å². The molecule has 1 rings (SSSR count). The SMILES string of the molecule is CC1(C)CC(Cl)NO1. The van der Waals surface area contributed by atoms with Crippen LogP contribution >= 0.6 is 11.6 Å². The number of halogens is 1. The lowest BCUT2D eigenvalue weighted by Crippen LogP contribution is -2.19. The van der Waals surface area contributed by atoms with E-state index >= 15 is 0 Å². The van der Waals surface area contributed by atoms with Crippen molar-refractivity contribution in [1.29, 1.82) is 0 Å². The van der Waals surface area contributed by atoms with E-state index in [1.54, 1.807) is 0 Å². The molecule has 1 heterocycles. The van der Waals surface area contributed by atoms with Gasteiger partial charge in [0.15, 0.2) is 0 Å². The third-order valence-corrected chi connectivity index (χ3v) is 1.38. The minimum atomic E-state index is -0.0770. The maximum atomic E-state index is 5.66. The van der Waals surface area contributed by atoms with Crippen molar-refractivity contribution in [2.45, 2.75) is 31.4 Å². The highest BCUT2D eigenvalue weighted by atomic mass is 35.5. The first kappa shape index (κ1) is 6.33. The zero-order chi connectivity index (χ0) is 6.20. The van der Waals surface area contributed by atoms with Crippen LogP contribution in [0.1, 0.15) is 20.3 Å². The molecule has 1 aliphatic rings. The van der Waals surface area contributed by atoms with E-state index in [0.29, 0.717) is 0 Å². The second-order valence-corrected chi connectivity index (χ2v) is 3.18. The number of nitrogens with one attached hydrogen (secondary N) is 1. The van der Waals surface area contributed by atoms with Crippen molar-refractivity contribution in [2.75, 3.05) is 0 Å². The second kappa shape index (κ2) is 1.87. The number of alkyl halides is 1. The summed E-state index contributed by atoms with van der Waals surface area (Å²) in [5.74, 6) is 0. The molecule has 1 atom stereocenters. The number of hydrogen-bond donors (Lipinski definition) is 1. The summed E-state index contributed by atoms with van der Waals surface area (Å²) >= 11 is 5.66. The van der Waals surface area contributed by atoms with E-state index in [1.165, 1.54) is 0 Å². The van der Waals surface area contributed by atoms with E-state index in [2.05, 4.69) is 5.48 Å². The fourth-order valence-electron chi connectivity index (χ4n) is 0.738. The Balaban J connectivity index is 2.44. The summed E-state index contributed by atoms with van der Waals surface area (Å²) in [4.78, 5) is 5.07. The first-order chi connectivity index (χ1) is 3.60. The van der Waals surface area contributed by atoms with Gasteiger partial charge in [0.25, 0.3) is 0 Å². The molecule has 0 spiro atoms. The molecular weight excluding hydrogens is 126 g/mol. The zero-order valence-electron chi connectivity index (χ0n) is 5.07. The summed E-state index contributed by atoms with van der Waals surface area (Å²) in [5.41, 5.74) is 2.59. The Bertz CT molecular complexity index is 94.4. The van der Waals surface area contributed by atoms with E-state index in [-0.39, 0.29) is 11.1 Å². The van der Waals surface area contributed by atoms with Crippen LogP contribution in [0.15, 0.2) is 0 Å². The van der Waals surface area contributed by atoms with Gasteiger partial charge in [-0.1, -0.05) is 0 Å². The Morgan fingerprint density at radius 1 is 1.75 bits per heavy atom. The van der Waals surface area contributed by atoms with Crippen molar-refractivity contribution in [1.82, 2.24) is 5.48 Å². The number of hydrogen-bond acceptors (Lipinski definition) is 2. The van der Waals surface area contributed by atoms with Gasteiger partial charge in [-0.3, -0.25) is 4.84 Å². The average Bonchev–Trinajstić information content (AvgIpc) is 1.82. The third-order valence-electron chi connectivity index (χ3n) is 1.13. The molecule has 8 heavy (non-hydrogen) atoms. The van der Waals surface area contributed by atoms with Gasteiger partial charge in [-0.25, -0.2) is 0 Å². The minimum absolute atomic E-state index is 0.00926. The van der Waals surface area contributed by atoms with E-state index in [0.717, 1.165) is 6.42 Å². The summed E-state index contributed by atoms with van der Waals surface area (Å²) in [6.45, 7) is 4.00. The molecule has 3 heteroatoms. The van der Waals surface area contributed by atoms with E-state index in [9.17, 15) is 0 Å². The van der Waals surface area contributed by atoms with Crippen molar-refractivity contribution in [2.24, 2.45) is 0 Å². The zero-order valence-corrected chi connectivity index (χ0v) is 5.83. The first-order valence-electron chi connectivity index (χ1n) is 2.68. The Morgan fingerprint density at radius 3 is 2.50 bits per heavy atom. The summed E-state index contributed by atoms with van der Waals surface area (Å²) in [6.07, 6.45) is 0.870. The van der Waals surface area contributed by atoms with Crippen LogP contribution in [0.25, 0.3) is 0 Å². The first-order valence-corrected chi connectivity index (χ1v) is 3.11. The van der Waals surface area contributed by atoms with Gasteiger partial charge in [-0.15, -0.1) is 11.6 Å². The molecule has 0 amide bonds. The van der Waals surface area contributed by atoms with Gasteiger partial charge in [0.05, 0.1) is 5.60 Å². The molecule has 0 aromatic carbocycles. The standard InChI is InChI=1S/C5H10ClNO/c1-5(2)3-4(6)7-8-5/h4,7H,3H2,1-2H3. The predicted molar refractivity (Wildman–Crippen MR) is 32.6 cm³/mol. The molecule has 1 aliphatic heterocycles. The molecule has 1 fully saturated rings. The molecular formula is C5H10ClNO. The van der Waals surface area contributed by atoms with Crippen molar-refractivity contribution in [3.05, 3.63) is 0 Å². The Kier molecular flexibility index (Phi) is 1.48. The third kappa shape index (κ3) is 1.34. The van der Waals surface area contributed by atoms with Gasteiger partial charge in [-0.2, -0.15) is 5.48 Å². The lowest BCUT2D eigenvalue weighted by Gasteiger charge is -2.12. The lowest BCUT2D eigenvalue weighted by atomic mass is 10.1. The van der Waals surface area contributed by atoms with Crippen LogP contribution in [0, 0.1) is 0 Å². The molecule has 0 aromatic rings. The van der Waals surface area contributed by atoms with E-state index in [4.69, 9.17) is 16.4 Å². The highest BCUT2D eigenvalue weighted by Gasteiger charge is 2.30. The van der Waals surface area contributed by atoms with Crippen LogP contribution in [0.2, 0.25) is 0 Å². The molecule has 0 aromatic heterocycles. The Hall–Kier alpha value is 0.210. The molecule has 1 N–H and O–H groups in total. The molecule has 0 aliphatic carbocycles. The van der Waals surface area contributed by atoms with Gasteiger partial charge in [0.1, 0.15) is 5.50 Å². The molecule has 1 unspecified atom stereocenters. The van der Waals surface area contributed by atoms with Crippen molar-refractivity contribution in [3.63, 3.8) is 0 Å². The summed E-state index contributed by atoms with van der Waals surface area (Å²) in [5, 5.41) is 0. The van der Waals surface area contributed by atoms with E-state index in [1.807, 2.05) is 13.8 Å². The average molecular weight is 136 g/mol. The van der Waals surface area contributed by atoms with Crippen LogP contribution in [0.4, 0.5) is 0 Å². The van der Waals surface area contributed by atoms with Crippen molar-refractivity contribution < 1.29 is 4.84 Å². The van der Waals surface area contributed by atoms with Crippen LogP contribution in [-0.2, 0) is 4.84 Å². The quantitative estimate of drug-likeness (QED) is 0.399. The van der Waals surface area contributed by atoms with Crippen LogP contribution in [0.3, 0.4) is 0 Å². The van der Waals surface area contributed by atoms with Gasteiger partial charge >= 0.3 is 0 Å². The molecule has 2 nitrogen and oxygen atoms in total. The summed E-state index contributed by atoms with van der Waals surface area (Å²) in [7, 11) is 0. The molecule has 0 radical (unpaired) electrons. The van der Waals surface area contributed by atoms with Gasteiger partial charge in [0, 0.05) is 6.42 Å². The monoisotopic (exact) mass is 135 g/mol. The Labute approximate surface area is 54.1 Å². The summed E-state index contributed by atoms with van der Waals surface area (Å²) in [6, 6.07) is 0. The molecule has 0 bridgehead atoms. The molecule has 48 valence electrons. The van der Waals surface area contributed by atoms with Crippen LogP contribution < -0.4 is 5.48 Å². The van der Waals surface area contributed by atoms with E-state index < -0.39 is 0 Å².